The highest BCUT2D eigenvalue weighted by atomic mass is 79.9. The number of furan rings is 1. The van der Waals surface area contributed by atoms with E-state index in [1.807, 2.05) is 60.7 Å². The third-order valence-corrected chi connectivity index (χ3v) is 4.05. The van der Waals surface area contributed by atoms with Crippen molar-refractivity contribution in [2.75, 3.05) is 0 Å². The first kappa shape index (κ1) is 14.6. The molecule has 3 aromatic rings. The Balaban J connectivity index is 1.91. The van der Waals surface area contributed by atoms with Crippen LogP contribution < -0.4 is 5.32 Å². The number of carbonyl (C=O) groups excluding carboxylic acids is 1. The van der Waals surface area contributed by atoms with Crippen LogP contribution in [0.5, 0.6) is 0 Å². The minimum Gasteiger partial charge on any atom is -0.467 e. The molecule has 1 atom stereocenters. The summed E-state index contributed by atoms with van der Waals surface area (Å²) in [5.41, 5.74) is 1.56. The highest BCUT2D eigenvalue weighted by Gasteiger charge is 2.20. The predicted molar refractivity (Wildman–Crippen MR) is 88.6 cm³/mol. The maximum Gasteiger partial charge on any atom is 0.253 e. The Morgan fingerprint density at radius 3 is 2.36 bits per heavy atom. The Labute approximate surface area is 137 Å². The molecule has 0 radical (unpaired) electrons. The average Bonchev–Trinajstić information content (AvgIpc) is 3.08. The second-order valence-electron chi connectivity index (χ2n) is 4.81. The summed E-state index contributed by atoms with van der Waals surface area (Å²) in [4.78, 5) is 12.6. The van der Waals surface area contributed by atoms with Crippen molar-refractivity contribution in [3.63, 3.8) is 0 Å². The van der Waals surface area contributed by atoms with Crippen molar-refractivity contribution in [3.05, 3.63) is 94.4 Å². The number of hydrogen-bond acceptors (Lipinski definition) is 2. The number of amides is 1. The summed E-state index contributed by atoms with van der Waals surface area (Å²) < 4.78 is 6.25. The fourth-order valence-corrected chi connectivity index (χ4v) is 2.74. The lowest BCUT2D eigenvalue weighted by atomic mass is 10.0. The van der Waals surface area contributed by atoms with Gasteiger partial charge in [0.05, 0.1) is 11.8 Å². The summed E-state index contributed by atoms with van der Waals surface area (Å²) in [5, 5.41) is 3.03. The number of hydrogen-bond donors (Lipinski definition) is 1. The third-order valence-electron chi connectivity index (χ3n) is 3.35. The molecule has 22 heavy (non-hydrogen) atoms. The molecule has 1 N–H and O–H groups in total. The van der Waals surface area contributed by atoms with E-state index >= 15 is 0 Å². The van der Waals surface area contributed by atoms with E-state index in [4.69, 9.17) is 4.42 Å². The van der Waals surface area contributed by atoms with E-state index in [0.717, 1.165) is 10.0 Å². The van der Waals surface area contributed by atoms with Crippen LogP contribution >= 0.6 is 15.9 Å². The molecule has 0 bridgehead atoms. The Morgan fingerprint density at radius 1 is 0.955 bits per heavy atom. The number of nitrogens with one attached hydrogen (secondary N) is 1. The van der Waals surface area contributed by atoms with Gasteiger partial charge in [-0.1, -0.05) is 42.5 Å². The first-order chi connectivity index (χ1) is 10.8. The molecule has 0 aliphatic heterocycles. The van der Waals surface area contributed by atoms with Crippen LogP contribution in [0.2, 0.25) is 0 Å². The quantitative estimate of drug-likeness (QED) is 0.745. The van der Waals surface area contributed by atoms with E-state index in [1.165, 1.54) is 0 Å². The molecule has 0 saturated carbocycles. The van der Waals surface area contributed by atoms with Crippen molar-refractivity contribution >= 4 is 21.8 Å². The summed E-state index contributed by atoms with van der Waals surface area (Å²) in [6.45, 7) is 0. The molecule has 0 aliphatic carbocycles. The van der Waals surface area contributed by atoms with Gasteiger partial charge in [-0.2, -0.15) is 0 Å². The first-order valence-corrected chi connectivity index (χ1v) is 7.69. The third kappa shape index (κ3) is 3.12. The van der Waals surface area contributed by atoms with Gasteiger partial charge >= 0.3 is 0 Å². The Morgan fingerprint density at radius 2 is 1.68 bits per heavy atom. The predicted octanol–water partition coefficient (Wildman–Crippen LogP) is 4.56. The van der Waals surface area contributed by atoms with Crippen LogP contribution in [-0.4, -0.2) is 5.91 Å². The van der Waals surface area contributed by atoms with E-state index in [9.17, 15) is 4.79 Å². The molecule has 3 nitrogen and oxygen atoms in total. The standard InChI is InChI=1S/C18H14BrNO2/c19-15-10-5-4-9-14(15)18(21)20-17(16-11-6-12-22-16)13-7-2-1-3-8-13/h1-12,17H,(H,20,21)/t17-/m0/s1. The fraction of sp³-hybridized carbons (Fsp3) is 0.0556. The molecule has 2 aromatic carbocycles. The summed E-state index contributed by atoms with van der Waals surface area (Å²) in [7, 11) is 0. The van der Waals surface area contributed by atoms with Crippen molar-refractivity contribution in [2.24, 2.45) is 0 Å². The van der Waals surface area contributed by atoms with Gasteiger partial charge in [-0.05, 0) is 45.8 Å². The van der Waals surface area contributed by atoms with Gasteiger partial charge in [0.1, 0.15) is 11.8 Å². The Bertz CT molecular complexity index is 754. The average molecular weight is 356 g/mol. The second-order valence-corrected chi connectivity index (χ2v) is 5.67. The van der Waals surface area contributed by atoms with Gasteiger partial charge in [-0.3, -0.25) is 4.79 Å². The molecule has 0 spiro atoms. The molecular weight excluding hydrogens is 342 g/mol. The topological polar surface area (TPSA) is 42.2 Å². The van der Waals surface area contributed by atoms with Crippen LogP contribution in [0, 0.1) is 0 Å². The molecule has 1 amide bonds. The molecule has 0 saturated heterocycles. The summed E-state index contributed by atoms with van der Waals surface area (Å²) in [6.07, 6.45) is 1.61. The van der Waals surface area contributed by atoms with Gasteiger partial charge in [0, 0.05) is 4.47 Å². The molecular formula is C18H14BrNO2. The lowest BCUT2D eigenvalue weighted by molar-refractivity contribution is 0.0938. The van der Waals surface area contributed by atoms with Crippen LogP contribution in [0.3, 0.4) is 0 Å². The lowest BCUT2D eigenvalue weighted by Gasteiger charge is -2.17. The van der Waals surface area contributed by atoms with E-state index in [1.54, 1.807) is 12.3 Å². The van der Waals surface area contributed by atoms with Crippen molar-refractivity contribution in [1.82, 2.24) is 5.32 Å². The second kappa shape index (κ2) is 6.62. The van der Waals surface area contributed by atoms with Gasteiger partial charge in [-0.15, -0.1) is 0 Å². The zero-order valence-electron chi connectivity index (χ0n) is 11.7. The normalized spacial score (nSPS) is 11.9. The van der Waals surface area contributed by atoms with E-state index in [2.05, 4.69) is 21.2 Å². The fourth-order valence-electron chi connectivity index (χ4n) is 2.27. The number of rotatable bonds is 4. The maximum atomic E-state index is 12.6. The largest absolute Gasteiger partial charge is 0.467 e. The molecule has 1 aromatic heterocycles. The highest BCUT2D eigenvalue weighted by Crippen LogP contribution is 2.24. The van der Waals surface area contributed by atoms with Crippen molar-refractivity contribution in [3.8, 4) is 0 Å². The first-order valence-electron chi connectivity index (χ1n) is 6.89. The molecule has 4 heteroatoms. The van der Waals surface area contributed by atoms with Crippen molar-refractivity contribution in [1.29, 1.82) is 0 Å². The van der Waals surface area contributed by atoms with Gasteiger partial charge in [0.2, 0.25) is 0 Å². The zero-order valence-corrected chi connectivity index (χ0v) is 13.3. The van der Waals surface area contributed by atoms with Crippen molar-refractivity contribution in [2.45, 2.75) is 6.04 Å². The molecule has 0 fully saturated rings. The van der Waals surface area contributed by atoms with Gasteiger partial charge < -0.3 is 9.73 Å². The lowest BCUT2D eigenvalue weighted by Crippen LogP contribution is -2.29. The Kier molecular flexibility index (Phi) is 4.39. The summed E-state index contributed by atoms with van der Waals surface area (Å²) >= 11 is 3.41. The molecule has 0 aliphatic rings. The van der Waals surface area contributed by atoms with Crippen LogP contribution in [0.15, 0.2) is 81.9 Å². The monoisotopic (exact) mass is 355 g/mol. The minimum absolute atomic E-state index is 0.155. The Hall–Kier alpha value is -2.33. The molecule has 110 valence electrons. The summed E-state index contributed by atoms with van der Waals surface area (Å²) in [6, 6.07) is 20.4. The highest BCUT2D eigenvalue weighted by molar-refractivity contribution is 9.10. The molecule has 3 rings (SSSR count). The van der Waals surface area contributed by atoms with Gasteiger partial charge in [0.25, 0.3) is 5.91 Å². The summed E-state index contributed by atoms with van der Waals surface area (Å²) in [5.74, 6) is 0.546. The SMILES string of the molecule is O=C(N[C@@H](c1ccccc1)c1ccco1)c1ccccc1Br. The maximum absolute atomic E-state index is 12.6. The minimum atomic E-state index is -0.323. The number of benzene rings is 2. The van der Waals surface area contributed by atoms with Crippen LogP contribution in [0.25, 0.3) is 0 Å². The smallest absolute Gasteiger partial charge is 0.253 e. The molecule has 0 unspecified atom stereocenters. The van der Waals surface area contributed by atoms with E-state index < -0.39 is 0 Å². The van der Waals surface area contributed by atoms with Crippen molar-refractivity contribution < 1.29 is 9.21 Å². The van der Waals surface area contributed by atoms with Gasteiger partial charge in [-0.25, -0.2) is 0 Å². The van der Waals surface area contributed by atoms with Crippen LogP contribution in [-0.2, 0) is 0 Å². The van der Waals surface area contributed by atoms with Crippen LogP contribution in [0.4, 0.5) is 0 Å². The van der Waals surface area contributed by atoms with Crippen LogP contribution in [0.1, 0.15) is 27.7 Å². The van der Waals surface area contributed by atoms with E-state index in [-0.39, 0.29) is 11.9 Å². The van der Waals surface area contributed by atoms with Gasteiger partial charge in [0.15, 0.2) is 0 Å². The van der Waals surface area contributed by atoms with E-state index in [0.29, 0.717) is 11.3 Å². The number of carbonyl (C=O) groups is 1. The zero-order chi connectivity index (χ0) is 15.4. The molecule has 1 heterocycles. The number of halogens is 1.